The van der Waals surface area contributed by atoms with Crippen LogP contribution in [0.2, 0.25) is 0 Å². The van der Waals surface area contributed by atoms with Crippen molar-refractivity contribution >= 4 is 0 Å². The highest BCUT2D eigenvalue weighted by atomic mass is 16.5. The van der Waals surface area contributed by atoms with Crippen LogP contribution in [0.1, 0.15) is 69.7 Å². The molecule has 1 heterocycles. The predicted molar refractivity (Wildman–Crippen MR) is 59.9 cm³/mol. The van der Waals surface area contributed by atoms with Gasteiger partial charge in [0.25, 0.3) is 5.89 Å². The fraction of sp³-hybridized carbons (Fsp3) is 0.833. The molecule has 2 rings (SSSR count). The van der Waals surface area contributed by atoms with E-state index in [9.17, 15) is 5.11 Å². The molecule has 16 heavy (non-hydrogen) atoms. The summed E-state index contributed by atoms with van der Waals surface area (Å²) in [5.41, 5.74) is 0. The van der Waals surface area contributed by atoms with Gasteiger partial charge in [0.2, 0.25) is 0 Å². The number of nitrogens with zero attached hydrogens (tertiary/aromatic N) is 2. The summed E-state index contributed by atoms with van der Waals surface area (Å²) >= 11 is 0. The van der Waals surface area contributed by atoms with E-state index in [1.165, 1.54) is 19.3 Å². The molecule has 90 valence electrons. The lowest BCUT2D eigenvalue weighted by Gasteiger charge is -2.26. The van der Waals surface area contributed by atoms with Gasteiger partial charge in [-0.05, 0) is 25.7 Å². The molecule has 1 fully saturated rings. The van der Waals surface area contributed by atoms with E-state index in [0.29, 0.717) is 11.8 Å². The van der Waals surface area contributed by atoms with E-state index in [-0.39, 0.29) is 0 Å². The minimum absolute atomic E-state index is 0.341. The average Bonchev–Trinajstić information content (AvgIpc) is 2.78. The Kier molecular flexibility index (Phi) is 3.59. The maximum Gasteiger partial charge on any atom is 0.255 e. The molecule has 0 aliphatic heterocycles. The Morgan fingerprint density at radius 1 is 1.50 bits per heavy atom. The van der Waals surface area contributed by atoms with Gasteiger partial charge >= 0.3 is 0 Å². The van der Waals surface area contributed by atoms with Crippen LogP contribution in [-0.4, -0.2) is 15.2 Å². The first-order chi connectivity index (χ1) is 7.70. The lowest BCUT2D eigenvalue weighted by atomic mass is 9.80. The van der Waals surface area contributed by atoms with Crippen molar-refractivity contribution in [1.82, 2.24) is 10.1 Å². The Bertz CT molecular complexity index is 336. The maximum atomic E-state index is 9.34. The highest BCUT2D eigenvalue weighted by Crippen LogP contribution is 2.36. The van der Waals surface area contributed by atoms with E-state index in [0.717, 1.165) is 24.6 Å². The first-order valence-corrected chi connectivity index (χ1v) is 6.22. The van der Waals surface area contributed by atoms with Crippen LogP contribution in [0.25, 0.3) is 0 Å². The van der Waals surface area contributed by atoms with Crippen LogP contribution in [-0.2, 0) is 0 Å². The number of aliphatic hydroxyl groups excluding tert-OH is 1. The van der Waals surface area contributed by atoms with Crippen LogP contribution in [0.15, 0.2) is 4.52 Å². The summed E-state index contributed by atoms with van der Waals surface area (Å²) in [5.74, 6) is 2.35. The number of aromatic nitrogens is 2. The molecule has 4 nitrogen and oxygen atoms in total. The zero-order chi connectivity index (χ0) is 11.5. The van der Waals surface area contributed by atoms with Crippen molar-refractivity contribution in [1.29, 1.82) is 0 Å². The molecule has 1 N–H and O–H groups in total. The minimum atomic E-state index is -0.660. The SMILES string of the molecule is CCC1CCCC(c2noc([C@H](C)O)n2)C1. The molecule has 3 atom stereocenters. The van der Waals surface area contributed by atoms with Gasteiger partial charge in [0.05, 0.1) is 0 Å². The van der Waals surface area contributed by atoms with Crippen molar-refractivity contribution in [2.75, 3.05) is 0 Å². The molecule has 0 spiro atoms. The summed E-state index contributed by atoms with van der Waals surface area (Å²) in [6.45, 7) is 3.89. The van der Waals surface area contributed by atoms with Gasteiger partial charge in [-0.1, -0.05) is 31.3 Å². The van der Waals surface area contributed by atoms with Crippen LogP contribution in [0.3, 0.4) is 0 Å². The van der Waals surface area contributed by atoms with E-state index in [2.05, 4.69) is 17.1 Å². The van der Waals surface area contributed by atoms with Crippen LogP contribution in [0, 0.1) is 5.92 Å². The molecule has 0 bridgehead atoms. The Balaban J connectivity index is 2.05. The van der Waals surface area contributed by atoms with Gasteiger partial charge in [0.15, 0.2) is 5.82 Å². The summed E-state index contributed by atoms with van der Waals surface area (Å²) in [4.78, 5) is 4.27. The third-order valence-electron chi connectivity index (χ3n) is 3.54. The summed E-state index contributed by atoms with van der Waals surface area (Å²) < 4.78 is 5.04. The van der Waals surface area contributed by atoms with Crippen molar-refractivity contribution < 1.29 is 9.63 Å². The molecule has 1 aliphatic rings. The minimum Gasteiger partial charge on any atom is -0.384 e. The molecule has 1 aromatic rings. The largest absolute Gasteiger partial charge is 0.384 e. The summed E-state index contributed by atoms with van der Waals surface area (Å²) in [5, 5.41) is 13.3. The third kappa shape index (κ3) is 2.43. The van der Waals surface area contributed by atoms with Crippen molar-refractivity contribution in [2.45, 2.75) is 58.0 Å². The van der Waals surface area contributed by atoms with Gasteiger partial charge in [0.1, 0.15) is 6.10 Å². The third-order valence-corrected chi connectivity index (χ3v) is 3.54. The lowest BCUT2D eigenvalue weighted by Crippen LogP contribution is -2.14. The number of hydrogen-bond donors (Lipinski definition) is 1. The first-order valence-electron chi connectivity index (χ1n) is 6.22. The van der Waals surface area contributed by atoms with Crippen LogP contribution in [0.4, 0.5) is 0 Å². The Labute approximate surface area is 96.1 Å². The Hall–Kier alpha value is -0.900. The highest BCUT2D eigenvalue weighted by Gasteiger charge is 2.26. The molecule has 0 radical (unpaired) electrons. The first kappa shape index (κ1) is 11.6. The quantitative estimate of drug-likeness (QED) is 0.857. The zero-order valence-electron chi connectivity index (χ0n) is 10.0. The second-order valence-electron chi connectivity index (χ2n) is 4.80. The Morgan fingerprint density at radius 2 is 2.31 bits per heavy atom. The van der Waals surface area contributed by atoms with Gasteiger partial charge < -0.3 is 9.63 Å². The molecule has 0 saturated heterocycles. The molecular weight excluding hydrogens is 204 g/mol. The van der Waals surface area contributed by atoms with Gasteiger partial charge in [-0.2, -0.15) is 4.98 Å². The Morgan fingerprint density at radius 3 is 2.94 bits per heavy atom. The normalized spacial score (nSPS) is 27.9. The van der Waals surface area contributed by atoms with E-state index >= 15 is 0 Å². The maximum absolute atomic E-state index is 9.34. The van der Waals surface area contributed by atoms with E-state index in [1.807, 2.05) is 0 Å². The van der Waals surface area contributed by atoms with Crippen molar-refractivity contribution in [3.8, 4) is 0 Å². The highest BCUT2D eigenvalue weighted by molar-refractivity contribution is 4.98. The smallest absolute Gasteiger partial charge is 0.255 e. The molecule has 2 unspecified atom stereocenters. The number of hydrogen-bond acceptors (Lipinski definition) is 4. The number of rotatable bonds is 3. The fourth-order valence-corrected chi connectivity index (χ4v) is 2.48. The summed E-state index contributed by atoms with van der Waals surface area (Å²) in [6.07, 6.45) is 5.46. The molecular formula is C12H20N2O2. The lowest BCUT2D eigenvalue weighted by molar-refractivity contribution is 0.151. The molecule has 1 aromatic heterocycles. The topological polar surface area (TPSA) is 59.2 Å². The van der Waals surface area contributed by atoms with E-state index in [1.54, 1.807) is 6.92 Å². The summed E-state index contributed by atoms with van der Waals surface area (Å²) in [7, 11) is 0. The standard InChI is InChI=1S/C12H20N2O2/c1-3-9-5-4-6-10(7-9)11-13-12(8(2)15)16-14-11/h8-10,15H,3-7H2,1-2H3/t8-,9?,10?/m0/s1. The van der Waals surface area contributed by atoms with Crippen LogP contribution >= 0.6 is 0 Å². The van der Waals surface area contributed by atoms with Gasteiger partial charge in [-0.3, -0.25) is 0 Å². The average molecular weight is 224 g/mol. The van der Waals surface area contributed by atoms with Gasteiger partial charge in [-0.15, -0.1) is 0 Å². The second kappa shape index (κ2) is 4.95. The molecule has 0 amide bonds. The van der Waals surface area contributed by atoms with E-state index < -0.39 is 6.10 Å². The van der Waals surface area contributed by atoms with Crippen molar-refractivity contribution in [2.24, 2.45) is 5.92 Å². The van der Waals surface area contributed by atoms with Crippen molar-refractivity contribution in [3.05, 3.63) is 11.7 Å². The van der Waals surface area contributed by atoms with Crippen LogP contribution < -0.4 is 0 Å². The second-order valence-corrected chi connectivity index (χ2v) is 4.80. The van der Waals surface area contributed by atoms with E-state index in [4.69, 9.17) is 4.52 Å². The molecule has 1 aliphatic carbocycles. The number of aliphatic hydroxyl groups is 1. The fourth-order valence-electron chi connectivity index (χ4n) is 2.48. The molecule has 0 aromatic carbocycles. The summed E-state index contributed by atoms with van der Waals surface area (Å²) in [6, 6.07) is 0. The predicted octanol–water partition coefficient (Wildman–Crippen LogP) is 2.81. The van der Waals surface area contributed by atoms with Crippen molar-refractivity contribution in [3.63, 3.8) is 0 Å². The molecule has 1 saturated carbocycles. The molecule has 4 heteroatoms. The monoisotopic (exact) mass is 224 g/mol. The zero-order valence-corrected chi connectivity index (χ0v) is 10.0. The van der Waals surface area contributed by atoms with Crippen LogP contribution in [0.5, 0.6) is 0 Å². The van der Waals surface area contributed by atoms with Gasteiger partial charge in [-0.25, -0.2) is 0 Å². The van der Waals surface area contributed by atoms with Gasteiger partial charge in [0, 0.05) is 5.92 Å².